The van der Waals surface area contributed by atoms with Crippen LogP contribution in [0.15, 0.2) is 33.9 Å². The highest BCUT2D eigenvalue weighted by Gasteiger charge is 2.13. The van der Waals surface area contributed by atoms with Gasteiger partial charge in [0.25, 0.3) is 11.5 Å². The lowest BCUT2D eigenvalue weighted by molar-refractivity contribution is 0.0948. The van der Waals surface area contributed by atoms with Crippen molar-refractivity contribution in [2.24, 2.45) is 0 Å². The zero-order valence-electron chi connectivity index (χ0n) is 11.8. The number of hydrogen-bond donors (Lipinski definition) is 3. The number of amides is 1. The van der Waals surface area contributed by atoms with Crippen molar-refractivity contribution in [3.63, 3.8) is 0 Å². The number of aromatic amines is 2. The molecule has 0 radical (unpaired) electrons. The van der Waals surface area contributed by atoms with Gasteiger partial charge in [-0.05, 0) is 29.7 Å². The molecule has 7 heteroatoms. The Bertz CT molecular complexity index is 794. The standard InChI is InChI=1S/C15H15N3O4/c19-13-6-12(17-15(21)18-13)7-16-14(20)10-1-2-11-8-22-4-3-9(11)5-10/h1-2,5-6H,3-4,7-8H2,(H,16,20)(H2,17,18,19,21). The van der Waals surface area contributed by atoms with Crippen LogP contribution >= 0.6 is 0 Å². The van der Waals surface area contributed by atoms with E-state index in [2.05, 4.69) is 15.3 Å². The van der Waals surface area contributed by atoms with Crippen molar-refractivity contribution in [2.75, 3.05) is 6.61 Å². The fourth-order valence-electron chi connectivity index (χ4n) is 2.40. The van der Waals surface area contributed by atoms with E-state index in [9.17, 15) is 14.4 Å². The van der Waals surface area contributed by atoms with Gasteiger partial charge >= 0.3 is 5.69 Å². The van der Waals surface area contributed by atoms with Crippen LogP contribution in [-0.4, -0.2) is 22.5 Å². The lowest BCUT2D eigenvalue weighted by atomic mass is 10.00. The van der Waals surface area contributed by atoms with E-state index >= 15 is 0 Å². The van der Waals surface area contributed by atoms with E-state index in [0.29, 0.717) is 24.5 Å². The predicted molar refractivity (Wildman–Crippen MR) is 78.7 cm³/mol. The number of H-pyrrole nitrogens is 2. The first-order valence-electron chi connectivity index (χ1n) is 6.92. The minimum absolute atomic E-state index is 0.0815. The van der Waals surface area contributed by atoms with Crippen LogP contribution < -0.4 is 16.6 Å². The third-order valence-electron chi connectivity index (χ3n) is 3.50. The van der Waals surface area contributed by atoms with Crippen LogP contribution in [0.1, 0.15) is 27.2 Å². The number of nitrogens with one attached hydrogen (secondary N) is 3. The molecule has 2 heterocycles. The summed E-state index contributed by atoms with van der Waals surface area (Å²) in [4.78, 5) is 39.0. The van der Waals surface area contributed by atoms with Crippen LogP contribution in [-0.2, 0) is 24.3 Å². The summed E-state index contributed by atoms with van der Waals surface area (Å²) in [5.41, 5.74) is 2.03. The Hall–Kier alpha value is -2.67. The molecule has 22 heavy (non-hydrogen) atoms. The second-order valence-corrected chi connectivity index (χ2v) is 5.08. The zero-order chi connectivity index (χ0) is 15.5. The monoisotopic (exact) mass is 301 g/mol. The van der Waals surface area contributed by atoms with Gasteiger partial charge in [0.15, 0.2) is 0 Å². The molecule has 2 aromatic rings. The number of hydrogen-bond acceptors (Lipinski definition) is 4. The lowest BCUT2D eigenvalue weighted by Gasteiger charge is -2.17. The lowest BCUT2D eigenvalue weighted by Crippen LogP contribution is -2.28. The summed E-state index contributed by atoms with van der Waals surface area (Å²) in [7, 11) is 0. The van der Waals surface area contributed by atoms with E-state index < -0.39 is 11.2 Å². The second-order valence-electron chi connectivity index (χ2n) is 5.08. The van der Waals surface area contributed by atoms with Crippen molar-refractivity contribution < 1.29 is 9.53 Å². The van der Waals surface area contributed by atoms with Gasteiger partial charge in [0.2, 0.25) is 0 Å². The molecule has 1 aliphatic rings. The van der Waals surface area contributed by atoms with Crippen LogP contribution in [0, 0.1) is 0 Å². The SMILES string of the molecule is O=C(NCc1cc(=O)[nH]c(=O)[nH]1)c1ccc2c(c1)CCOC2. The topological polar surface area (TPSA) is 104 Å². The first kappa shape index (κ1) is 14.3. The van der Waals surface area contributed by atoms with Crippen LogP contribution in [0.5, 0.6) is 0 Å². The Morgan fingerprint density at radius 3 is 2.86 bits per heavy atom. The molecule has 0 bridgehead atoms. The molecule has 0 atom stereocenters. The van der Waals surface area contributed by atoms with Crippen molar-refractivity contribution in [3.05, 3.63) is 67.5 Å². The third kappa shape index (κ3) is 3.15. The molecule has 1 aliphatic heterocycles. The fraction of sp³-hybridized carbons (Fsp3) is 0.267. The van der Waals surface area contributed by atoms with E-state index in [1.165, 1.54) is 6.07 Å². The summed E-state index contributed by atoms with van der Waals surface area (Å²) in [6.45, 7) is 1.32. The molecule has 0 unspecified atom stereocenters. The van der Waals surface area contributed by atoms with Crippen molar-refractivity contribution >= 4 is 5.91 Å². The van der Waals surface area contributed by atoms with Gasteiger partial charge in [-0.1, -0.05) is 6.07 Å². The highest BCUT2D eigenvalue weighted by molar-refractivity contribution is 5.94. The van der Waals surface area contributed by atoms with Crippen molar-refractivity contribution in [3.8, 4) is 0 Å². The van der Waals surface area contributed by atoms with Crippen LogP contribution in [0.25, 0.3) is 0 Å². The highest BCUT2D eigenvalue weighted by atomic mass is 16.5. The molecule has 1 aromatic heterocycles. The first-order valence-corrected chi connectivity index (χ1v) is 6.92. The summed E-state index contributed by atoms with van der Waals surface area (Å²) in [6, 6.07) is 6.72. The quantitative estimate of drug-likeness (QED) is 0.746. The molecule has 3 rings (SSSR count). The predicted octanol–water partition coefficient (Wildman–Crippen LogP) is 0.0659. The van der Waals surface area contributed by atoms with Crippen molar-refractivity contribution in [1.29, 1.82) is 0 Å². The number of carbonyl (C=O) groups is 1. The summed E-state index contributed by atoms with van der Waals surface area (Å²) < 4.78 is 5.36. The van der Waals surface area contributed by atoms with E-state index in [4.69, 9.17) is 4.74 Å². The van der Waals surface area contributed by atoms with Crippen LogP contribution in [0.2, 0.25) is 0 Å². The van der Waals surface area contributed by atoms with E-state index in [1.807, 2.05) is 12.1 Å². The minimum atomic E-state index is -0.592. The molecule has 0 aliphatic carbocycles. The smallest absolute Gasteiger partial charge is 0.325 e. The Kier molecular flexibility index (Phi) is 3.88. The normalized spacial score (nSPS) is 13.5. The van der Waals surface area contributed by atoms with Gasteiger partial charge < -0.3 is 15.0 Å². The summed E-state index contributed by atoms with van der Waals surface area (Å²) >= 11 is 0. The number of benzene rings is 1. The average Bonchev–Trinajstić information content (AvgIpc) is 2.51. The Balaban J connectivity index is 1.72. The van der Waals surface area contributed by atoms with Crippen LogP contribution in [0.3, 0.4) is 0 Å². The number of rotatable bonds is 3. The van der Waals surface area contributed by atoms with Crippen LogP contribution in [0.4, 0.5) is 0 Å². The molecular formula is C15H15N3O4. The van der Waals surface area contributed by atoms with Gasteiger partial charge in [0.05, 0.1) is 19.8 Å². The number of ether oxygens (including phenoxy) is 1. The summed E-state index contributed by atoms with van der Waals surface area (Å²) in [5, 5.41) is 2.68. The van der Waals surface area contributed by atoms with E-state index in [-0.39, 0.29) is 12.5 Å². The van der Waals surface area contributed by atoms with Gasteiger partial charge in [-0.3, -0.25) is 14.6 Å². The Morgan fingerprint density at radius 1 is 1.18 bits per heavy atom. The molecule has 3 N–H and O–H groups in total. The van der Waals surface area contributed by atoms with Crippen molar-refractivity contribution in [2.45, 2.75) is 19.6 Å². The Morgan fingerprint density at radius 2 is 2.05 bits per heavy atom. The first-order chi connectivity index (χ1) is 10.6. The van der Waals surface area contributed by atoms with Gasteiger partial charge in [-0.15, -0.1) is 0 Å². The number of carbonyl (C=O) groups excluding carboxylic acids is 1. The largest absolute Gasteiger partial charge is 0.376 e. The number of aromatic nitrogens is 2. The van der Waals surface area contributed by atoms with Gasteiger partial charge in [-0.25, -0.2) is 4.79 Å². The molecule has 7 nitrogen and oxygen atoms in total. The summed E-state index contributed by atoms with van der Waals surface area (Å²) in [5.74, 6) is -0.254. The van der Waals surface area contributed by atoms with E-state index in [1.54, 1.807) is 6.07 Å². The zero-order valence-corrected chi connectivity index (χ0v) is 11.8. The average molecular weight is 301 g/mol. The highest BCUT2D eigenvalue weighted by Crippen LogP contribution is 2.18. The third-order valence-corrected chi connectivity index (χ3v) is 3.50. The minimum Gasteiger partial charge on any atom is -0.376 e. The fourth-order valence-corrected chi connectivity index (χ4v) is 2.40. The molecule has 0 spiro atoms. The van der Waals surface area contributed by atoms with Crippen molar-refractivity contribution in [1.82, 2.24) is 15.3 Å². The molecule has 1 aromatic carbocycles. The molecule has 1 amide bonds. The second kappa shape index (κ2) is 5.98. The Labute approximate surface area is 125 Å². The maximum absolute atomic E-state index is 12.2. The van der Waals surface area contributed by atoms with E-state index in [0.717, 1.165) is 17.5 Å². The van der Waals surface area contributed by atoms with Gasteiger partial charge in [0.1, 0.15) is 0 Å². The molecule has 0 saturated heterocycles. The maximum Gasteiger partial charge on any atom is 0.325 e. The van der Waals surface area contributed by atoms with Gasteiger partial charge in [0, 0.05) is 17.3 Å². The molecule has 0 fully saturated rings. The molecule has 114 valence electrons. The number of fused-ring (bicyclic) bond motifs is 1. The molecular weight excluding hydrogens is 286 g/mol. The van der Waals surface area contributed by atoms with Gasteiger partial charge in [-0.2, -0.15) is 0 Å². The maximum atomic E-state index is 12.2. The summed E-state index contributed by atoms with van der Waals surface area (Å²) in [6.07, 6.45) is 0.790. The molecule has 0 saturated carbocycles.